The second kappa shape index (κ2) is 14.4. The first kappa shape index (κ1) is 35.3. The number of hydrogen-bond donors (Lipinski definition) is 0. The number of aryl methyl sites for hydroxylation is 4. The average Bonchev–Trinajstić information content (AvgIpc) is 3.26. The minimum absolute atomic E-state index is 1.16. The molecular weight excluding hydrogens is 701 g/mol. The zero-order valence-corrected chi connectivity index (χ0v) is 33.4. The van der Waals surface area contributed by atoms with Crippen LogP contribution in [0.2, 0.25) is 0 Å². The summed E-state index contributed by atoms with van der Waals surface area (Å²) in [5.41, 5.74) is 16.7. The van der Waals surface area contributed by atoms with Crippen LogP contribution in [0.1, 0.15) is 22.3 Å². The molecule has 0 saturated carbocycles. The van der Waals surface area contributed by atoms with Gasteiger partial charge < -0.3 is 9.80 Å². The monoisotopic (exact) mass is 744 g/mol. The normalized spacial score (nSPS) is 11.4. The Morgan fingerprint density at radius 3 is 1.03 bits per heavy atom. The number of hydrogen-bond acceptors (Lipinski definition) is 2. The summed E-state index contributed by atoms with van der Waals surface area (Å²) in [5, 5.41) is 7.49. The molecule has 0 aliphatic heterocycles. The first-order valence-corrected chi connectivity index (χ1v) is 20.2. The maximum absolute atomic E-state index is 2.49. The first-order valence-electron chi connectivity index (χ1n) is 20.2. The molecular formula is C56H44N2. The number of rotatable bonds is 8. The van der Waals surface area contributed by atoms with E-state index in [1.54, 1.807) is 0 Å². The number of anilines is 6. The predicted octanol–water partition coefficient (Wildman–Crippen LogP) is 16.1. The number of para-hydroxylation sites is 2. The number of nitrogens with zero attached hydrogens (tertiary/aromatic N) is 2. The zero-order valence-electron chi connectivity index (χ0n) is 33.4. The molecule has 0 amide bonds. The maximum Gasteiger partial charge on any atom is 0.0540 e. The van der Waals surface area contributed by atoms with Crippen LogP contribution < -0.4 is 9.80 Å². The van der Waals surface area contributed by atoms with E-state index in [0.29, 0.717) is 0 Å². The molecule has 10 rings (SSSR count). The molecule has 0 aliphatic rings. The highest BCUT2D eigenvalue weighted by Crippen LogP contribution is 2.49. The summed E-state index contributed by atoms with van der Waals surface area (Å²) < 4.78 is 0. The highest BCUT2D eigenvalue weighted by Gasteiger charge is 2.24. The van der Waals surface area contributed by atoms with Crippen molar-refractivity contribution in [1.29, 1.82) is 0 Å². The lowest BCUT2D eigenvalue weighted by Gasteiger charge is -2.32. The SMILES string of the molecule is Cc1ccccc1N(c1cc(-c2ccccc2)ccc1C)c1ccc2ccc3c(N(c4ccccc4C)c4cc(-c5ccccc5)ccc4C)ccc4ccc1c2c43. The Morgan fingerprint density at radius 1 is 0.259 bits per heavy atom. The summed E-state index contributed by atoms with van der Waals surface area (Å²) in [4.78, 5) is 4.98. The molecule has 278 valence electrons. The van der Waals surface area contributed by atoms with Crippen LogP contribution in [0.4, 0.5) is 34.1 Å². The van der Waals surface area contributed by atoms with E-state index in [4.69, 9.17) is 0 Å². The van der Waals surface area contributed by atoms with Crippen LogP contribution >= 0.6 is 0 Å². The molecule has 58 heavy (non-hydrogen) atoms. The third-order valence-electron chi connectivity index (χ3n) is 11.9. The lowest BCUT2D eigenvalue weighted by Crippen LogP contribution is -2.14. The van der Waals surface area contributed by atoms with Crippen LogP contribution in [-0.4, -0.2) is 0 Å². The van der Waals surface area contributed by atoms with Crippen molar-refractivity contribution in [3.8, 4) is 22.3 Å². The van der Waals surface area contributed by atoms with Crippen molar-refractivity contribution in [3.63, 3.8) is 0 Å². The maximum atomic E-state index is 2.49. The zero-order chi connectivity index (χ0) is 39.3. The van der Waals surface area contributed by atoms with Gasteiger partial charge in [-0.25, -0.2) is 0 Å². The fourth-order valence-corrected chi connectivity index (χ4v) is 8.89. The predicted molar refractivity (Wildman–Crippen MR) is 249 cm³/mol. The van der Waals surface area contributed by atoms with Gasteiger partial charge >= 0.3 is 0 Å². The van der Waals surface area contributed by atoms with Gasteiger partial charge in [0, 0.05) is 33.5 Å². The van der Waals surface area contributed by atoms with E-state index in [1.807, 2.05) is 0 Å². The highest BCUT2D eigenvalue weighted by molar-refractivity contribution is 6.28. The van der Waals surface area contributed by atoms with Crippen molar-refractivity contribution in [3.05, 3.63) is 216 Å². The van der Waals surface area contributed by atoms with Crippen molar-refractivity contribution in [2.45, 2.75) is 27.7 Å². The lowest BCUT2D eigenvalue weighted by atomic mass is 9.91. The molecule has 0 aromatic heterocycles. The van der Waals surface area contributed by atoms with Crippen LogP contribution in [0.25, 0.3) is 54.6 Å². The van der Waals surface area contributed by atoms with E-state index in [1.165, 1.54) is 99.6 Å². The van der Waals surface area contributed by atoms with E-state index in [2.05, 4.69) is 232 Å². The molecule has 2 heteroatoms. The van der Waals surface area contributed by atoms with Crippen LogP contribution in [0.5, 0.6) is 0 Å². The van der Waals surface area contributed by atoms with Gasteiger partial charge in [-0.1, -0.05) is 158 Å². The topological polar surface area (TPSA) is 6.48 Å². The van der Waals surface area contributed by atoms with Crippen LogP contribution in [0.15, 0.2) is 194 Å². The molecule has 0 atom stereocenters. The van der Waals surface area contributed by atoms with Gasteiger partial charge in [0.05, 0.1) is 11.4 Å². The molecule has 0 saturated heterocycles. The molecule has 10 aromatic rings. The van der Waals surface area contributed by atoms with Crippen molar-refractivity contribution < 1.29 is 0 Å². The summed E-state index contributed by atoms with van der Waals surface area (Å²) in [5.74, 6) is 0. The smallest absolute Gasteiger partial charge is 0.0540 e. The van der Waals surface area contributed by atoms with Crippen LogP contribution in [0.3, 0.4) is 0 Å². The largest absolute Gasteiger partial charge is 0.309 e. The lowest BCUT2D eigenvalue weighted by molar-refractivity contribution is 1.23. The van der Waals surface area contributed by atoms with Crippen molar-refractivity contribution in [2.75, 3.05) is 9.80 Å². The Labute approximate surface area is 341 Å². The molecule has 0 bridgehead atoms. The molecule has 0 N–H and O–H groups in total. The molecule has 0 spiro atoms. The van der Waals surface area contributed by atoms with Gasteiger partial charge in [0.2, 0.25) is 0 Å². The van der Waals surface area contributed by atoms with E-state index >= 15 is 0 Å². The Morgan fingerprint density at radius 2 is 0.621 bits per heavy atom. The number of benzene rings is 10. The van der Waals surface area contributed by atoms with Gasteiger partial charge in [-0.05, 0) is 130 Å². The average molecular weight is 745 g/mol. The van der Waals surface area contributed by atoms with E-state index in [9.17, 15) is 0 Å². The highest BCUT2D eigenvalue weighted by atomic mass is 15.2. The molecule has 0 aliphatic carbocycles. The minimum atomic E-state index is 1.16. The fraction of sp³-hybridized carbons (Fsp3) is 0.0714. The molecule has 0 fully saturated rings. The molecule has 0 unspecified atom stereocenters. The van der Waals surface area contributed by atoms with Crippen molar-refractivity contribution >= 4 is 66.4 Å². The Hall–Kier alpha value is -7.16. The van der Waals surface area contributed by atoms with Gasteiger partial charge in [-0.3, -0.25) is 0 Å². The molecule has 0 heterocycles. The van der Waals surface area contributed by atoms with Gasteiger partial charge in [0.1, 0.15) is 0 Å². The summed E-state index contributed by atoms with van der Waals surface area (Å²) in [6.45, 7) is 8.89. The van der Waals surface area contributed by atoms with E-state index < -0.39 is 0 Å². The third kappa shape index (κ3) is 5.97. The van der Waals surface area contributed by atoms with Gasteiger partial charge in [0.15, 0.2) is 0 Å². The standard InChI is InChI=1S/C56H44N2/c1-37-15-11-13-21-49(37)57(53-35-45(25-23-39(53)3)41-17-7-5-8-18-41)51-33-29-43-28-32-48-52(34-30-44-27-31-47(51)55(43)56(44)48)58(50-22-14-12-16-38(50)2)54-36-46(26-24-40(54)4)42-19-9-6-10-20-42/h5-36H,1-4H3. The third-order valence-corrected chi connectivity index (χ3v) is 11.9. The van der Waals surface area contributed by atoms with Crippen LogP contribution in [-0.2, 0) is 0 Å². The van der Waals surface area contributed by atoms with Crippen molar-refractivity contribution in [2.24, 2.45) is 0 Å². The first-order chi connectivity index (χ1) is 28.4. The summed E-state index contributed by atoms with van der Waals surface area (Å²) in [6.07, 6.45) is 0. The molecule has 2 nitrogen and oxygen atoms in total. The second-order valence-electron chi connectivity index (χ2n) is 15.6. The van der Waals surface area contributed by atoms with Crippen molar-refractivity contribution in [1.82, 2.24) is 0 Å². The Balaban J connectivity index is 1.23. The Bertz CT molecular complexity index is 2900. The summed E-state index contributed by atoms with van der Waals surface area (Å²) in [7, 11) is 0. The van der Waals surface area contributed by atoms with E-state index in [0.717, 1.165) is 11.4 Å². The summed E-state index contributed by atoms with van der Waals surface area (Å²) in [6, 6.07) is 71.3. The molecule has 10 aromatic carbocycles. The van der Waals surface area contributed by atoms with E-state index in [-0.39, 0.29) is 0 Å². The second-order valence-corrected chi connectivity index (χ2v) is 15.6. The minimum Gasteiger partial charge on any atom is -0.309 e. The quantitative estimate of drug-likeness (QED) is 0.143. The van der Waals surface area contributed by atoms with Gasteiger partial charge in [0.25, 0.3) is 0 Å². The van der Waals surface area contributed by atoms with Crippen LogP contribution in [0, 0.1) is 27.7 Å². The fourth-order valence-electron chi connectivity index (χ4n) is 8.89. The van der Waals surface area contributed by atoms with Gasteiger partial charge in [-0.2, -0.15) is 0 Å². The summed E-state index contributed by atoms with van der Waals surface area (Å²) >= 11 is 0. The molecule has 0 radical (unpaired) electrons. The Kier molecular flexibility index (Phi) is 8.76. The van der Waals surface area contributed by atoms with Gasteiger partial charge in [-0.15, -0.1) is 0 Å².